The maximum absolute atomic E-state index is 12.0. The second-order valence-electron chi connectivity index (χ2n) is 4.40. The Bertz CT molecular complexity index is 462. The first-order valence-corrected chi connectivity index (χ1v) is 6.15. The second-order valence-corrected chi connectivity index (χ2v) is 4.40. The van der Waals surface area contributed by atoms with E-state index >= 15 is 0 Å². The highest BCUT2D eigenvalue weighted by Gasteiger charge is 2.19. The fourth-order valence-corrected chi connectivity index (χ4v) is 1.55. The summed E-state index contributed by atoms with van der Waals surface area (Å²) in [4.78, 5) is 28.3. The average molecular weight is 265 g/mol. The molecule has 1 aromatic rings. The summed E-state index contributed by atoms with van der Waals surface area (Å²) < 4.78 is 0. The van der Waals surface area contributed by atoms with Gasteiger partial charge in [-0.05, 0) is 25.5 Å². The van der Waals surface area contributed by atoms with Crippen molar-refractivity contribution in [3.63, 3.8) is 0 Å². The van der Waals surface area contributed by atoms with E-state index in [-0.39, 0.29) is 12.6 Å². The van der Waals surface area contributed by atoms with E-state index in [1.165, 1.54) is 4.90 Å². The number of pyridine rings is 1. The molecular weight excluding hydrogens is 246 g/mol. The molecule has 0 aliphatic rings. The molecule has 1 unspecified atom stereocenters. The molecule has 6 heteroatoms. The van der Waals surface area contributed by atoms with E-state index < -0.39 is 11.9 Å². The number of hydrogen-bond acceptors (Lipinski definition) is 3. The van der Waals surface area contributed by atoms with Gasteiger partial charge in [0.1, 0.15) is 0 Å². The zero-order chi connectivity index (χ0) is 14.4. The highest BCUT2D eigenvalue weighted by atomic mass is 16.4. The third kappa shape index (κ3) is 4.24. The Kier molecular flexibility index (Phi) is 5.29. The number of anilines is 1. The molecule has 1 heterocycles. The maximum atomic E-state index is 12.0. The Balaban J connectivity index is 2.69. The van der Waals surface area contributed by atoms with Gasteiger partial charge in [-0.25, -0.2) is 4.79 Å². The summed E-state index contributed by atoms with van der Waals surface area (Å²) in [6.07, 6.45) is 3.22. The van der Waals surface area contributed by atoms with Crippen LogP contribution in [0.1, 0.15) is 19.4 Å². The minimum Gasteiger partial charge on any atom is -0.481 e. The fraction of sp³-hybridized carbons (Fsp3) is 0.462. The van der Waals surface area contributed by atoms with Crippen LogP contribution in [0.15, 0.2) is 18.5 Å². The van der Waals surface area contributed by atoms with Crippen molar-refractivity contribution in [3.05, 3.63) is 24.0 Å². The largest absolute Gasteiger partial charge is 0.481 e. The van der Waals surface area contributed by atoms with Gasteiger partial charge in [0.05, 0.1) is 17.8 Å². The Morgan fingerprint density at radius 3 is 2.74 bits per heavy atom. The smallest absolute Gasteiger partial charge is 0.321 e. The molecule has 0 saturated carbocycles. The van der Waals surface area contributed by atoms with Gasteiger partial charge in [0.25, 0.3) is 0 Å². The number of urea groups is 1. The van der Waals surface area contributed by atoms with Crippen LogP contribution in [0.25, 0.3) is 0 Å². The van der Waals surface area contributed by atoms with E-state index in [9.17, 15) is 9.59 Å². The van der Waals surface area contributed by atoms with Crippen LogP contribution in [-0.4, -0.2) is 40.1 Å². The third-order valence-electron chi connectivity index (χ3n) is 2.87. The first-order valence-electron chi connectivity index (χ1n) is 6.15. The Hall–Kier alpha value is -2.11. The molecule has 1 atom stereocenters. The van der Waals surface area contributed by atoms with Gasteiger partial charge in [0.2, 0.25) is 0 Å². The van der Waals surface area contributed by atoms with Crippen molar-refractivity contribution in [2.45, 2.75) is 20.8 Å². The number of carboxylic acid groups (broad SMARTS) is 1. The Labute approximate surface area is 112 Å². The molecule has 2 N–H and O–H groups in total. The molecule has 0 saturated heterocycles. The topological polar surface area (TPSA) is 82.5 Å². The number of aromatic nitrogens is 1. The lowest BCUT2D eigenvalue weighted by Gasteiger charge is -2.23. The highest BCUT2D eigenvalue weighted by molar-refractivity contribution is 5.90. The van der Waals surface area contributed by atoms with Crippen LogP contribution < -0.4 is 5.32 Å². The molecule has 104 valence electrons. The molecule has 0 aromatic carbocycles. The summed E-state index contributed by atoms with van der Waals surface area (Å²) >= 11 is 0. The van der Waals surface area contributed by atoms with Crippen molar-refractivity contribution in [1.29, 1.82) is 0 Å². The number of carboxylic acids is 1. The molecule has 0 radical (unpaired) electrons. The predicted octanol–water partition coefficient (Wildman–Crippen LogP) is 1.96. The van der Waals surface area contributed by atoms with Crippen molar-refractivity contribution in [2.75, 3.05) is 18.4 Å². The zero-order valence-corrected chi connectivity index (χ0v) is 11.4. The van der Waals surface area contributed by atoms with Crippen LogP contribution in [0.2, 0.25) is 0 Å². The number of carbonyl (C=O) groups excluding carboxylic acids is 1. The van der Waals surface area contributed by atoms with Crippen LogP contribution in [0, 0.1) is 12.8 Å². The number of rotatable bonds is 5. The van der Waals surface area contributed by atoms with E-state index in [2.05, 4.69) is 10.3 Å². The molecule has 19 heavy (non-hydrogen) atoms. The second kappa shape index (κ2) is 6.72. The Morgan fingerprint density at radius 1 is 1.53 bits per heavy atom. The minimum atomic E-state index is -0.913. The van der Waals surface area contributed by atoms with E-state index in [1.54, 1.807) is 25.4 Å². The molecule has 2 amide bonds. The highest BCUT2D eigenvalue weighted by Crippen LogP contribution is 2.12. The number of nitrogens with one attached hydrogen (secondary N) is 1. The van der Waals surface area contributed by atoms with Gasteiger partial charge >= 0.3 is 12.0 Å². The zero-order valence-electron chi connectivity index (χ0n) is 11.4. The van der Waals surface area contributed by atoms with Crippen molar-refractivity contribution in [1.82, 2.24) is 9.88 Å². The fourth-order valence-electron chi connectivity index (χ4n) is 1.55. The molecule has 1 aromatic heterocycles. The third-order valence-corrected chi connectivity index (χ3v) is 2.87. The number of hydrogen-bond donors (Lipinski definition) is 2. The summed E-state index contributed by atoms with van der Waals surface area (Å²) in [6.45, 7) is 5.88. The molecule has 1 rings (SSSR count). The molecule has 6 nitrogen and oxygen atoms in total. The number of amides is 2. The van der Waals surface area contributed by atoms with E-state index in [1.807, 2.05) is 13.8 Å². The lowest BCUT2D eigenvalue weighted by Crippen LogP contribution is -2.39. The monoisotopic (exact) mass is 265 g/mol. The van der Waals surface area contributed by atoms with Crippen LogP contribution in [0.4, 0.5) is 10.5 Å². The normalized spacial score (nSPS) is 11.7. The lowest BCUT2D eigenvalue weighted by atomic mass is 10.2. The van der Waals surface area contributed by atoms with Crippen molar-refractivity contribution < 1.29 is 14.7 Å². The summed E-state index contributed by atoms with van der Waals surface area (Å²) in [5.41, 5.74) is 1.54. The van der Waals surface area contributed by atoms with Crippen LogP contribution >= 0.6 is 0 Å². The van der Waals surface area contributed by atoms with E-state index in [4.69, 9.17) is 5.11 Å². The molecule has 0 spiro atoms. The van der Waals surface area contributed by atoms with Crippen LogP contribution in [-0.2, 0) is 4.79 Å². The van der Waals surface area contributed by atoms with Gasteiger partial charge in [-0.1, -0.05) is 6.92 Å². The molecule has 0 fully saturated rings. The molecule has 0 aliphatic heterocycles. The van der Waals surface area contributed by atoms with Crippen molar-refractivity contribution >= 4 is 17.7 Å². The number of nitrogens with zero attached hydrogens (tertiary/aromatic N) is 2. The van der Waals surface area contributed by atoms with Gasteiger partial charge in [-0.2, -0.15) is 0 Å². The Morgan fingerprint density at radius 2 is 2.21 bits per heavy atom. The number of aryl methyl sites for hydroxylation is 1. The maximum Gasteiger partial charge on any atom is 0.321 e. The first kappa shape index (κ1) is 14.9. The summed E-state index contributed by atoms with van der Waals surface area (Å²) in [6, 6.07) is 1.48. The van der Waals surface area contributed by atoms with Gasteiger partial charge in [-0.15, -0.1) is 0 Å². The standard InChI is InChI=1S/C13H19N3O3/c1-4-16(8-10(3)12(17)18)13(19)15-11-7-14-6-5-9(11)2/h5-7,10H,4,8H2,1-3H3,(H,15,19)(H,17,18). The van der Waals surface area contributed by atoms with Gasteiger partial charge in [-0.3, -0.25) is 9.78 Å². The van der Waals surface area contributed by atoms with Crippen LogP contribution in [0.5, 0.6) is 0 Å². The minimum absolute atomic E-state index is 0.178. The molecule has 0 aliphatic carbocycles. The summed E-state index contributed by atoms with van der Waals surface area (Å²) in [5.74, 6) is -1.51. The van der Waals surface area contributed by atoms with Crippen molar-refractivity contribution in [2.24, 2.45) is 5.92 Å². The molecule has 0 bridgehead atoms. The van der Waals surface area contributed by atoms with Crippen LogP contribution in [0.3, 0.4) is 0 Å². The van der Waals surface area contributed by atoms with E-state index in [0.717, 1.165) is 5.56 Å². The molecular formula is C13H19N3O3. The number of aliphatic carboxylic acids is 1. The predicted molar refractivity (Wildman–Crippen MR) is 72.0 cm³/mol. The first-order chi connectivity index (χ1) is 8.95. The van der Waals surface area contributed by atoms with Gasteiger partial charge < -0.3 is 15.3 Å². The number of carbonyl (C=O) groups is 2. The van der Waals surface area contributed by atoms with Gasteiger partial charge in [0.15, 0.2) is 0 Å². The quantitative estimate of drug-likeness (QED) is 0.852. The lowest BCUT2D eigenvalue weighted by molar-refractivity contribution is -0.141. The van der Waals surface area contributed by atoms with Gasteiger partial charge in [0, 0.05) is 19.3 Å². The SMILES string of the molecule is CCN(CC(C)C(=O)O)C(=O)Nc1cnccc1C. The van der Waals surface area contributed by atoms with E-state index in [0.29, 0.717) is 12.2 Å². The van der Waals surface area contributed by atoms with Crippen molar-refractivity contribution in [3.8, 4) is 0 Å². The summed E-state index contributed by atoms with van der Waals surface area (Å²) in [7, 11) is 0. The average Bonchev–Trinajstić information content (AvgIpc) is 2.38. The summed E-state index contributed by atoms with van der Waals surface area (Å²) in [5, 5.41) is 11.6.